The Morgan fingerprint density at radius 1 is 1.33 bits per heavy atom. The summed E-state index contributed by atoms with van der Waals surface area (Å²) in [6.45, 7) is 1.79. The molecule has 1 unspecified atom stereocenters. The number of aryl methyl sites for hydroxylation is 1. The summed E-state index contributed by atoms with van der Waals surface area (Å²) in [6, 6.07) is 7.17. The van der Waals surface area contributed by atoms with E-state index in [4.69, 9.17) is 5.73 Å². The Morgan fingerprint density at radius 2 is 2.00 bits per heavy atom. The Kier molecular flexibility index (Phi) is 3.69. The van der Waals surface area contributed by atoms with Gasteiger partial charge in [-0.15, -0.1) is 0 Å². The highest BCUT2D eigenvalue weighted by Gasteiger charge is 2.03. The molecule has 0 aliphatic carbocycles. The lowest BCUT2D eigenvalue weighted by Gasteiger charge is -2.07. The normalized spacial score (nSPS) is 12.3. The SMILES string of the molecule is Cc1nc(-c2ccc(CS(=O)[O-])cc2)cnc1N. The Bertz CT molecular complexity index is 584. The molecule has 0 spiro atoms. The Balaban J connectivity index is 2.28. The van der Waals surface area contributed by atoms with Gasteiger partial charge in [-0.05, 0) is 12.5 Å². The molecule has 6 heteroatoms. The molecule has 18 heavy (non-hydrogen) atoms. The number of hydrogen-bond acceptors (Lipinski definition) is 5. The van der Waals surface area contributed by atoms with Crippen LogP contribution in [0.2, 0.25) is 0 Å². The smallest absolute Gasteiger partial charge is 0.144 e. The maximum atomic E-state index is 10.6. The van der Waals surface area contributed by atoms with Gasteiger partial charge < -0.3 is 10.3 Å². The Morgan fingerprint density at radius 3 is 2.56 bits per heavy atom. The van der Waals surface area contributed by atoms with E-state index >= 15 is 0 Å². The third-order valence-electron chi connectivity index (χ3n) is 2.52. The van der Waals surface area contributed by atoms with E-state index in [9.17, 15) is 8.76 Å². The largest absolute Gasteiger partial charge is 0.772 e. The van der Waals surface area contributed by atoms with Crippen molar-refractivity contribution in [2.45, 2.75) is 12.7 Å². The van der Waals surface area contributed by atoms with Gasteiger partial charge in [-0.3, -0.25) is 4.21 Å². The lowest BCUT2D eigenvalue weighted by molar-refractivity contribution is 0.536. The van der Waals surface area contributed by atoms with E-state index in [1.165, 1.54) is 0 Å². The number of anilines is 1. The molecular weight excluding hydrogens is 250 g/mol. The Labute approximate surface area is 107 Å². The Hall–Kier alpha value is -1.79. The average Bonchev–Trinajstić information content (AvgIpc) is 2.33. The quantitative estimate of drug-likeness (QED) is 0.844. The second-order valence-corrected chi connectivity index (χ2v) is 4.77. The molecule has 94 valence electrons. The van der Waals surface area contributed by atoms with Crippen LogP contribution in [0.3, 0.4) is 0 Å². The molecule has 5 nitrogen and oxygen atoms in total. The van der Waals surface area contributed by atoms with E-state index < -0.39 is 11.1 Å². The zero-order chi connectivity index (χ0) is 13.1. The van der Waals surface area contributed by atoms with E-state index in [2.05, 4.69) is 9.97 Å². The van der Waals surface area contributed by atoms with E-state index in [1.807, 2.05) is 12.1 Å². The first kappa shape index (κ1) is 12.7. The summed E-state index contributed by atoms with van der Waals surface area (Å²) in [6.07, 6.45) is 1.60. The van der Waals surface area contributed by atoms with Gasteiger partial charge in [0, 0.05) is 11.3 Å². The van der Waals surface area contributed by atoms with Gasteiger partial charge in [-0.2, -0.15) is 0 Å². The second kappa shape index (κ2) is 5.24. The van der Waals surface area contributed by atoms with Crippen molar-refractivity contribution < 1.29 is 8.76 Å². The first-order valence-electron chi connectivity index (χ1n) is 5.30. The number of hydrogen-bond donors (Lipinski definition) is 1. The standard InChI is InChI=1S/C12H13N3O2S/c1-8-12(13)14-6-11(15-8)10-4-2-9(3-5-10)7-18(16)17/h2-6H,7H2,1H3,(H2,13,14)(H,16,17)/p-1. The molecular formula is C12H12N3O2S-. The summed E-state index contributed by atoms with van der Waals surface area (Å²) < 4.78 is 21.1. The van der Waals surface area contributed by atoms with Crippen molar-refractivity contribution in [3.05, 3.63) is 41.7 Å². The van der Waals surface area contributed by atoms with Crippen molar-refractivity contribution in [3.63, 3.8) is 0 Å². The molecule has 1 aromatic heterocycles. The highest BCUT2D eigenvalue weighted by Crippen LogP contribution is 2.19. The minimum atomic E-state index is -2.07. The zero-order valence-electron chi connectivity index (χ0n) is 9.79. The molecule has 0 aliphatic heterocycles. The van der Waals surface area contributed by atoms with Crippen molar-refractivity contribution in [1.29, 1.82) is 0 Å². The van der Waals surface area contributed by atoms with Crippen LogP contribution < -0.4 is 5.73 Å². The molecule has 0 amide bonds. The van der Waals surface area contributed by atoms with Crippen molar-refractivity contribution >= 4 is 16.9 Å². The van der Waals surface area contributed by atoms with Crippen molar-refractivity contribution in [3.8, 4) is 11.3 Å². The molecule has 1 heterocycles. The summed E-state index contributed by atoms with van der Waals surface area (Å²) >= 11 is -2.07. The van der Waals surface area contributed by atoms with Crippen molar-refractivity contribution in [2.24, 2.45) is 0 Å². The predicted molar refractivity (Wildman–Crippen MR) is 69.2 cm³/mol. The van der Waals surface area contributed by atoms with E-state index in [0.29, 0.717) is 11.5 Å². The molecule has 0 aliphatic rings. The maximum absolute atomic E-state index is 10.6. The monoisotopic (exact) mass is 262 g/mol. The third kappa shape index (κ3) is 2.91. The highest BCUT2D eigenvalue weighted by atomic mass is 32.2. The number of aromatic nitrogens is 2. The van der Waals surface area contributed by atoms with Crippen molar-refractivity contribution in [1.82, 2.24) is 9.97 Å². The highest BCUT2D eigenvalue weighted by molar-refractivity contribution is 7.78. The summed E-state index contributed by atoms with van der Waals surface area (Å²) in [5.74, 6) is 0.435. The lowest BCUT2D eigenvalue weighted by atomic mass is 10.1. The summed E-state index contributed by atoms with van der Waals surface area (Å²) in [7, 11) is 0. The molecule has 1 atom stereocenters. The van der Waals surface area contributed by atoms with Gasteiger partial charge >= 0.3 is 0 Å². The molecule has 0 fully saturated rings. The number of nitrogens with two attached hydrogens (primary N) is 1. The molecule has 0 bridgehead atoms. The number of rotatable bonds is 3. The van der Waals surface area contributed by atoms with Crippen LogP contribution in [0.5, 0.6) is 0 Å². The summed E-state index contributed by atoms with van der Waals surface area (Å²) in [5, 5.41) is 0. The van der Waals surface area contributed by atoms with Crippen LogP contribution in [-0.2, 0) is 16.8 Å². The van der Waals surface area contributed by atoms with Crippen LogP contribution in [0.1, 0.15) is 11.3 Å². The van der Waals surface area contributed by atoms with Crippen LogP contribution in [0.25, 0.3) is 11.3 Å². The number of nitrogens with zero attached hydrogens (tertiary/aromatic N) is 2. The van der Waals surface area contributed by atoms with Gasteiger partial charge in [0.05, 0.1) is 17.6 Å². The first-order valence-corrected chi connectivity index (χ1v) is 6.55. The predicted octanol–water partition coefficient (Wildman–Crippen LogP) is 1.41. The van der Waals surface area contributed by atoms with Gasteiger partial charge in [0.1, 0.15) is 5.82 Å². The maximum Gasteiger partial charge on any atom is 0.144 e. The molecule has 0 radical (unpaired) electrons. The molecule has 2 N–H and O–H groups in total. The molecule has 0 saturated carbocycles. The molecule has 1 aromatic carbocycles. The van der Waals surface area contributed by atoms with Crippen molar-refractivity contribution in [2.75, 3.05) is 5.73 Å². The fraction of sp³-hybridized carbons (Fsp3) is 0.167. The zero-order valence-corrected chi connectivity index (χ0v) is 10.6. The summed E-state index contributed by atoms with van der Waals surface area (Å²) in [5.41, 5.74) is 8.62. The minimum absolute atomic E-state index is 0.0206. The fourth-order valence-electron chi connectivity index (χ4n) is 1.54. The van der Waals surface area contributed by atoms with E-state index in [1.54, 1.807) is 25.3 Å². The van der Waals surface area contributed by atoms with Gasteiger partial charge in [-0.25, -0.2) is 9.97 Å². The van der Waals surface area contributed by atoms with E-state index in [0.717, 1.165) is 16.8 Å². The van der Waals surface area contributed by atoms with Crippen LogP contribution in [0.4, 0.5) is 5.82 Å². The molecule has 2 rings (SSSR count). The minimum Gasteiger partial charge on any atom is -0.772 e. The van der Waals surface area contributed by atoms with E-state index in [-0.39, 0.29) is 5.75 Å². The summed E-state index contributed by atoms with van der Waals surface area (Å²) in [4.78, 5) is 8.37. The first-order chi connectivity index (χ1) is 8.56. The van der Waals surface area contributed by atoms with Crippen LogP contribution in [0, 0.1) is 6.92 Å². The second-order valence-electron chi connectivity index (χ2n) is 3.87. The van der Waals surface area contributed by atoms with Gasteiger partial charge in [-0.1, -0.05) is 35.3 Å². The van der Waals surface area contributed by atoms with Crippen LogP contribution >= 0.6 is 0 Å². The fourth-order valence-corrected chi connectivity index (χ4v) is 2.00. The van der Waals surface area contributed by atoms with Gasteiger partial charge in [0.2, 0.25) is 0 Å². The third-order valence-corrected chi connectivity index (χ3v) is 3.09. The number of nitrogen functional groups attached to an aromatic ring is 1. The lowest BCUT2D eigenvalue weighted by Crippen LogP contribution is -1.98. The average molecular weight is 262 g/mol. The van der Waals surface area contributed by atoms with Gasteiger partial charge in [0.15, 0.2) is 0 Å². The van der Waals surface area contributed by atoms with Crippen LogP contribution in [0.15, 0.2) is 30.5 Å². The molecule has 2 aromatic rings. The van der Waals surface area contributed by atoms with Crippen LogP contribution in [-0.4, -0.2) is 18.7 Å². The number of benzene rings is 1. The molecule has 0 saturated heterocycles. The van der Waals surface area contributed by atoms with Gasteiger partial charge in [0.25, 0.3) is 0 Å². The topological polar surface area (TPSA) is 91.9 Å².